The average Bonchev–Trinajstić information content (AvgIpc) is 2.28. The fourth-order valence-electron chi connectivity index (χ4n) is 1.28. The van der Waals surface area contributed by atoms with E-state index in [9.17, 15) is 10.2 Å². The molecular weight excluding hydrogens is 176 g/mol. The van der Waals surface area contributed by atoms with Crippen molar-refractivity contribution in [2.24, 2.45) is 5.41 Å². The minimum Gasteiger partial charge on any atom is -0.395 e. The van der Waals surface area contributed by atoms with Crippen LogP contribution in [0.3, 0.4) is 0 Å². The van der Waals surface area contributed by atoms with E-state index in [0.29, 0.717) is 0 Å². The molecule has 0 aliphatic carbocycles. The Morgan fingerprint density at radius 3 is 2.43 bits per heavy atom. The third-order valence-corrected chi connectivity index (χ3v) is 2.55. The van der Waals surface area contributed by atoms with Gasteiger partial charge >= 0.3 is 0 Å². The van der Waals surface area contributed by atoms with Crippen molar-refractivity contribution in [3.63, 3.8) is 0 Å². The van der Waals surface area contributed by atoms with Gasteiger partial charge in [-0.15, -0.1) is 6.58 Å². The smallest absolute Gasteiger partial charge is 0.0899 e. The Hall–Kier alpha value is -1.12. The third-order valence-electron chi connectivity index (χ3n) is 2.55. The van der Waals surface area contributed by atoms with Gasteiger partial charge in [-0.3, -0.25) is 0 Å². The molecule has 0 bridgehead atoms. The predicted molar refractivity (Wildman–Crippen MR) is 56.8 cm³/mol. The number of hydrogen-bond donors (Lipinski definition) is 2. The molecule has 0 unspecified atom stereocenters. The Morgan fingerprint density at radius 1 is 1.43 bits per heavy atom. The molecule has 0 heterocycles. The lowest BCUT2D eigenvalue weighted by Gasteiger charge is -2.29. The molecule has 2 nitrogen and oxygen atoms in total. The molecule has 0 fully saturated rings. The molecule has 0 spiro atoms. The number of aliphatic hydroxyl groups excluding tert-OH is 2. The number of hydrogen-bond acceptors (Lipinski definition) is 2. The van der Waals surface area contributed by atoms with Crippen LogP contribution in [0.4, 0.5) is 0 Å². The Labute approximate surface area is 84.5 Å². The maximum absolute atomic E-state index is 10.0. The van der Waals surface area contributed by atoms with E-state index in [-0.39, 0.29) is 6.61 Å². The monoisotopic (exact) mass is 192 g/mol. The first-order valence-electron chi connectivity index (χ1n) is 4.61. The molecule has 0 aromatic heterocycles. The lowest BCUT2D eigenvalue weighted by molar-refractivity contribution is 0.0270. The number of rotatable bonds is 4. The molecule has 0 aliphatic rings. The maximum atomic E-state index is 10.0. The average molecular weight is 192 g/mol. The molecule has 76 valence electrons. The molecule has 0 radical (unpaired) electrons. The van der Waals surface area contributed by atoms with E-state index >= 15 is 0 Å². The summed E-state index contributed by atoms with van der Waals surface area (Å²) < 4.78 is 0. The van der Waals surface area contributed by atoms with Crippen LogP contribution in [-0.2, 0) is 0 Å². The highest BCUT2D eigenvalue weighted by atomic mass is 16.3. The van der Waals surface area contributed by atoms with Gasteiger partial charge in [0.1, 0.15) is 0 Å². The summed E-state index contributed by atoms with van der Waals surface area (Å²) in [5.74, 6) is 0. The van der Waals surface area contributed by atoms with Gasteiger partial charge in [0.25, 0.3) is 0 Å². The second-order valence-electron chi connectivity index (χ2n) is 3.68. The zero-order valence-corrected chi connectivity index (χ0v) is 8.35. The van der Waals surface area contributed by atoms with Crippen LogP contribution in [0.25, 0.3) is 0 Å². The summed E-state index contributed by atoms with van der Waals surface area (Å²) in [4.78, 5) is 0. The van der Waals surface area contributed by atoms with Crippen LogP contribution < -0.4 is 0 Å². The van der Waals surface area contributed by atoms with E-state index in [1.165, 1.54) is 0 Å². The van der Waals surface area contributed by atoms with Gasteiger partial charge < -0.3 is 10.2 Å². The van der Waals surface area contributed by atoms with Gasteiger partial charge in [-0.05, 0) is 5.56 Å². The molecule has 0 saturated heterocycles. The largest absolute Gasteiger partial charge is 0.395 e. The van der Waals surface area contributed by atoms with Crippen LogP contribution in [0, 0.1) is 5.41 Å². The Balaban J connectivity index is 2.94. The van der Waals surface area contributed by atoms with E-state index in [1.807, 2.05) is 30.3 Å². The van der Waals surface area contributed by atoms with E-state index in [0.717, 1.165) is 5.56 Å². The van der Waals surface area contributed by atoms with Crippen molar-refractivity contribution in [2.45, 2.75) is 13.0 Å². The molecule has 1 aromatic rings. The van der Waals surface area contributed by atoms with Crippen LogP contribution in [0.2, 0.25) is 0 Å². The van der Waals surface area contributed by atoms with E-state index in [2.05, 4.69) is 6.58 Å². The first-order chi connectivity index (χ1) is 6.64. The molecule has 1 rings (SSSR count). The van der Waals surface area contributed by atoms with Crippen LogP contribution in [0.15, 0.2) is 43.0 Å². The Morgan fingerprint density at radius 2 is 2.00 bits per heavy atom. The van der Waals surface area contributed by atoms with Gasteiger partial charge in [0, 0.05) is 5.41 Å². The van der Waals surface area contributed by atoms with Gasteiger partial charge in [-0.1, -0.05) is 43.3 Å². The minimum absolute atomic E-state index is 0.118. The quantitative estimate of drug-likeness (QED) is 0.715. The predicted octanol–water partition coefficient (Wildman–Crippen LogP) is 1.90. The molecule has 0 amide bonds. The van der Waals surface area contributed by atoms with E-state index < -0.39 is 11.5 Å². The second kappa shape index (κ2) is 4.40. The summed E-state index contributed by atoms with van der Waals surface area (Å²) in [6.07, 6.45) is 0.871. The molecule has 1 aromatic carbocycles. The summed E-state index contributed by atoms with van der Waals surface area (Å²) >= 11 is 0. The molecular formula is C12H16O2. The van der Waals surface area contributed by atoms with Crippen molar-refractivity contribution in [3.05, 3.63) is 48.6 Å². The van der Waals surface area contributed by atoms with Gasteiger partial charge in [0.2, 0.25) is 0 Å². The van der Waals surface area contributed by atoms with Crippen LogP contribution in [0.1, 0.15) is 18.6 Å². The summed E-state index contributed by atoms with van der Waals surface area (Å²) in [5.41, 5.74) is 0.116. The normalized spacial score (nSPS) is 17.1. The van der Waals surface area contributed by atoms with Gasteiger partial charge in [0.15, 0.2) is 0 Å². The topological polar surface area (TPSA) is 40.5 Å². The fourth-order valence-corrected chi connectivity index (χ4v) is 1.28. The number of benzene rings is 1. The van der Waals surface area contributed by atoms with Gasteiger partial charge in [-0.25, -0.2) is 0 Å². The highest BCUT2D eigenvalue weighted by molar-refractivity contribution is 5.21. The molecule has 2 heteroatoms. The van der Waals surface area contributed by atoms with Crippen LogP contribution >= 0.6 is 0 Å². The SMILES string of the molecule is C=C[C@](C)(CO)[C@@H](O)c1ccccc1. The first-order valence-corrected chi connectivity index (χ1v) is 4.61. The molecule has 2 atom stereocenters. The lowest BCUT2D eigenvalue weighted by Crippen LogP contribution is -2.27. The zero-order chi connectivity index (χ0) is 10.6. The second-order valence-corrected chi connectivity index (χ2v) is 3.68. The maximum Gasteiger partial charge on any atom is 0.0899 e. The number of aliphatic hydroxyl groups is 2. The van der Waals surface area contributed by atoms with Gasteiger partial charge in [-0.2, -0.15) is 0 Å². The summed E-state index contributed by atoms with van der Waals surface area (Å²) in [6.45, 7) is 5.29. The van der Waals surface area contributed by atoms with Crippen molar-refractivity contribution >= 4 is 0 Å². The summed E-state index contributed by atoms with van der Waals surface area (Å²) in [5, 5.41) is 19.2. The molecule has 0 saturated carbocycles. The Kier molecular flexibility index (Phi) is 3.44. The van der Waals surface area contributed by atoms with Crippen molar-refractivity contribution in [1.82, 2.24) is 0 Å². The van der Waals surface area contributed by atoms with E-state index in [4.69, 9.17) is 0 Å². The zero-order valence-electron chi connectivity index (χ0n) is 8.35. The van der Waals surface area contributed by atoms with Crippen molar-refractivity contribution in [3.8, 4) is 0 Å². The highest BCUT2D eigenvalue weighted by Gasteiger charge is 2.30. The highest BCUT2D eigenvalue weighted by Crippen LogP contribution is 2.33. The van der Waals surface area contributed by atoms with Crippen LogP contribution in [-0.4, -0.2) is 16.8 Å². The Bertz CT molecular complexity index is 294. The summed E-state index contributed by atoms with van der Waals surface area (Å²) in [6, 6.07) is 9.28. The standard InChI is InChI=1S/C12H16O2/c1-3-12(2,9-13)11(14)10-7-5-4-6-8-10/h3-8,11,13-14H,1,9H2,2H3/t11-,12+/m0/s1. The third kappa shape index (κ3) is 2.03. The molecule has 0 aliphatic heterocycles. The van der Waals surface area contributed by atoms with E-state index in [1.54, 1.807) is 13.0 Å². The fraction of sp³-hybridized carbons (Fsp3) is 0.333. The minimum atomic E-state index is -0.716. The first kappa shape index (κ1) is 11.0. The van der Waals surface area contributed by atoms with Crippen LogP contribution in [0.5, 0.6) is 0 Å². The summed E-state index contributed by atoms with van der Waals surface area (Å²) in [7, 11) is 0. The molecule has 14 heavy (non-hydrogen) atoms. The van der Waals surface area contributed by atoms with Crippen molar-refractivity contribution in [1.29, 1.82) is 0 Å². The molecule has 2 N–H and O–H groups in total. The lowest BCUT2D eigenvalue weighted by atomic mass is 9.82. The van der Waals surface area contributed by atoms with Gasteiger partial charge in [0.05, 0.1) is 12.7 Å². The van der Waals surface area contributed by atoms with Crippen molar-refractivity contribution < 1.29 is 10.2 Å². The van der Waals surface area contributed by atoms with Crippen molar-refractivity contribution in [2.75, 3.05) is 6.61 Å².